The van der Waals surface area contributed by atoms with E-state index in [1.165, 1.54) is 41.1 Å². The van der Waals surface area contributed by atoms with Crippen LogP contribution in [-0.4, -0.2) is 21.4 Å². The zero-order chi connectivity index (χ0) is 26.5. The van der Waals surface area contributed by atoms with Crippen molar-refractivity contribution in [2.24, 2.45) is 5.73 Å². The van der Waals surface area contributed by atoms with Crippen molar-refractivity contribution in [3.8, 4) is 11.4 Å². The van der Waals surface area contributed by atoms with E-state index in [9.17, 15) is 23.2 Å². The molecule has 0 spiro atoms. The monoisotopic (exact) mass is 568 g/mol. The highest BCUT2D eigenvalue weighted by Crippen LogP contribution is 2.26. The zero-order valence-electron chi connectivity index (χ0n) is 19.1. The van der Waals surface area contributed by atoms with Gasteiger partial charge >= 0.3 is 0 Å². The summed E-state index contributed by atoms with van der Waals surface area (Å²) >= 11 is 3.23. The van der Waals surface area contributed by atoms with Gasteiger partial charge in [0.2, 0.25) is 5.91 Å². The number of hydrogen-bond acceptors (Lipinski definition) is 5. The smallest absolute Gasteiger partial charge is 0.273 e. The van der Waals surface area contributed by atoms with Crippen molar-refractivity contribution in [1.29, 1.82) is 0 Å². The molecule has 2 aromatic heterocycles. The van der Waals surface area contributed by atoms with Gasteiger partial charge in [0.25, 0.3) is 11.5 Å². The van der Waals surface area contributed by atoms with Crippen LogP contribution in [0.1, 0.15) is 32.1 Å². The third-order valence-corrected chi connectivity index (χ3v) is 6.04. The van der Waals surface area contributed by atoms with Crippen molar-refractivity contribution in [3.05, 3.63) is 122 Å². The maximum Gasteiger partial charge on any atom is 0.273 e. The van der Waals surface area contributed by atoms with Crippen LogP contribution in [0.3, 0.4) is 0 Å². The lowest BCUT2D eigenvalue weighted by Crippen LogP contribution is -2.30. The van der Waals surface area contributed by atoms with Crippen LogP contribution in [0.5, 0.6) is 5.75 Å². The van der Waals surface area contributed by atoms with Gasteiger partial charge in [0.15, 0.2) is 0 Å². The minimum absolute atomic E-state index is 0.0132. The average molecular weight is 569 g/mol. The summed E-state index contributed by atoms with van der Waals surface area (Å²) in [6.07, 6.45) is 1.47. The van der Waals surface area contributed by atoms with Gasteiger partial charge < -0.3 is 15.8 Å². The number of primary amides is 1. The molecule has 0 saturated heterocycles. The Labute approximate surface area is 217 Å². The highest BCUT2D eigenvalue weighted by atomic mass is 79.9. The van der Waals surface area contributed by atoms with Crippen LogP contribution in [-0.2, 0) is 13.2 Å². The number of ether oxygens (including phenoxy) is 1. The lowest BCUT2D eigenvalue weighted by molar-refractivity contribution is 0.0944. The van der Waals surface area contributed by atoms with E-state index in [0.29, 0.717) is 5.69 Å². The van der Waals surface area contributed by atoms with E-state index in [0.717, 1.165) is 12.1 Å². The number of hydrogen-bond donors (Lipinski definition) is 2. The Balaban J connectivity index is 1.73. The lowest BCUT2D eigenvalue weighted by atomic mass is 10.1. The second kappa shape index (κ2) is 11.1. The van der Waals surface area contributed by atoms with Crippen LogP contribution in [0.15, 0.2) is 82.2 Å². The summed E-state index contributed by atoms with van der Waals surface area (Å²) < 4.78 is 34.3. The van der Waals surface area contributed by atoms with Crippen molar-refractivity contribution in [3.63, 3.8) is 0 Å². The zero-order valence-corrected chi connectivity index (χ0v) is 20.7. The maximum absolute atomic E-state index is 14.1. The van der Waals surface area contributed by atoms with Crippen molar-refractivity contribution in [2.75, 3.05) is 0 Å². The van der Waals surface area contributed by atoms with Crippen LogP contribution >= 0.6 is 15.9 Å². The lowest BCUT2D eigenvalue weighted by Gasteiger charge is -2.18. The van der Waals surface area contributed by atoms with Crippen LogP contribution in [0.2, 0.25) is 0 Å². The number of amides is 2. The highest BCUT2D eigenvalue weighted by molar-refractivity contribution is 9.10. The summed E-state index contributed by atoms with van der Waals surface area (Å²) in [5.41, 5.74) is 5.86. The number of carbonyl (C=O) groups excluding carboxylic acids is 2. The SMILES string of the molecule is NC(=O)c1cccc(-n2c(CNC(=O)c3ccccn3)cc(OCc3ccc(F)cc3F)c(Br)c2=O)c1. The van der Waals surface area contributed by atoms with Gasteiger partial charge in [0.1, 0.15) is 34.2 Å². The molecule has 2 amide bonds. The molecule has 188 valence electrons. The van der Waals surface area contributed by atoms with E-state index in [2.05, 4.69) is 26.2 Å². The number of carbonyl (C=O) groups is 2. The largest absolute Gasteiger partial charge is 0.487 e. The minimum Gasteiger partial charge on any atom is -0.487 e. The Bertz CT molecular complexity index is 1540. The molecule has 2 heterocycles. The molecule has 4 rings (SSSR count). The van der Waals surface area contributed by atoms with E-state index < -0.39 is 29.0 Å². The number of pyridine rings is 2. The fraction of sp³-hybridized carbons (Fsp3) is 0.0769. The van der Waals surface area contributed by atoms with Crippen LogP contribution in [0.4, 0.5) is 8.78 Å². The summed E-state index contributed by atoms with van der Waals surface area (Å²) in [6.45, 7) is -0.412. The fourth-order valence-corrected chi connectivity index (χ4v) is 3.89. The molecule has 0 aliphatic rings. The minimum atomic E-state index is -0.796. The molecule has 2 aromatic carbocycles. The Kier molecular flexibility index (Phi) is 7.73. The Morgan fingerprint density at radius 3 is 2.57 bits per heavy atom. The standard InChI is InChI=1S/C26H19BrF2N4O4/c27-23-22(37-14-16-7-8-17(28)11-20(16)29)12-19(13-32-25(35)21-6-1-2-9-31-21)33(26(23)36)18-5-3-4-15(10-18)24(30)34/h1-12H,13-14H2,(H2,30,34)(H,32,35). The third kappa shape index (κ3) is 5.89. The average Bonchev–Trinajstić information content (AvgIpc) is 2.89. The first kappa shape index (κ1) is 25.7. The predicted molar refractivity (Wildman–Crippen MR) is 134 cm³/mol. The molecule has 0 atom stereocenters. The normalized spacial score (nSPS) is 10.7. The topological polar surface area (TPSA) is 116 Å². The van der Waals surface area contributed by atoms with Crippen LogP contribution in [0.25, 0.3) is 5.69 Å². The van der Waals surface area contributed by atoms with Gasteiger partial charge in [-0.25, -0.2) is 8.78 Å². The molecule has 4 aromatic rings. The molecule has 0 aliphatic heterocycles. The molecule has 0 bridgehead atoms. The summed E-state index contributed by atoms with van der Waals surface area (Å²) in [4.78, 5) is 41.7. The van der Waals surface area contributed by atoms with Crippen LogP contribution < -0.4 is 21.3 Å². The van der Waals surface area contributed by atoms with Crippen molar-refractivity contribution in [1.82, 2.24) is 14.9 Å². The number of nitrogens with one attached hydrogen (secondary N) is 1. The first-order valence-electron chi connectivity index (χ1n) is 10.8. The van der Waals surface area contributed by atoms with Gasteiger partial charge in [0, 0.05) is 40.8 Å². The summed E-state index contributed by atoms with van der Waals surface area (Å²) in [5, 5.41) is 2.70. The summed E-state index contributed by atoms with van der Waals surface area (Å²) in [5.74, 6) is -2.62. The van der Waals surface area contributed by atoms with Crippen molar-refractivity contribution < 1.29 is 23.1 Å². The molecule has 0 radical (unpaired) electrons. The molecule has 0 saturated carbocycles. The number of rotatable bonds is 8. The van der Waals surface area contributed by atoms with Crippen molar-refractivity contribution >= 4 is 27.7 Å². The number of aromatic nitrogens is 2. The Morgan fingerprint density at radius 2 is 1.86 bits per heavy atom. The van der Waals surface area contributed by atoms with Gasteiger partial charge in [-0.05, 0) is 58.4 Å². The quantitative estimate of drug-likeness (QED) is 0.334. The first-order valence-corrected chi connectivity index (χ1v) is 11.6. The number of nitrogens with two attached hydrogens (primary N) is 1. The molecule has 11 heteroatoms. The molecular weight excluding hydrogens is 550 g/mol. The molecule has 37 heavy (non-hydrogen) atoms. The molecule has 0 fully saturated rings. The fourth-order valence-electron chi connectivity index (χ4n) is 3.48. The van der Waals surface area contributed by atoms with Crippen LogP contribution in [0, 0.1) is 11.6 Å². The highest BCUT2D eigenvalue weighted by Gasteiger charge is 2.18. The van der Waals surface area contributed by atoms with E-state index in [1.807, 2.05) is 0 Å². The molecule has 0 unspecified atom stereocenters. The Morgan fingerprint density at radius 1 is 1.05 bits per heavy atom. The summed E-state index contributed by atoms with van der Waals surface area (Å²) in [7, 11) is 0. The number of benzene rings is 2. The van der Waals surface area contributed by atoms with Gasteiger partial charge in [-0.1, -0.05) is 12.1 Å². The molecule has 8 nitrogen and oxygen atoms in total. The number of halogens is 3. The van der Waals surface area contributed by atoms with E-state index >= 15 is 0 Å². The van der Waals surface area contributed by atoms with Crippen molar-refractivity contribution in [2.45, 2.75) is 13.2 Å². The molecule has 3 N–H and O–H groups in total. The molecular formula is C26H19BrF2N4O4. The van der Waals surface area contributed by atoms with E-state index in [-0.39, 0.29) is 45.9 Å². The number of nitrogens with zero attached hydrogens (tertiary/aromatic N) is 2. The predicted octanol–water partition coefficient (Wildman–Crippen LogP) is 3.88. The molecule has 0 aliphatic carbocycles. The maximum atomic E-state index is 14.1. The Hall–Kier alpha value is -4.38. The van der Waals surface area contributed by atoms with Gasteiger partial charge in [0.05, 0.1) is 6.54 Å². The van der Waals surface area contributed by atoms with Gasteiger partial charge in [-0.3, -0.25) is 23.9 Å². The second-order valence-electron chi connectivity index (χ2n) is 7.79. The van der Waals surface area contributed by atoms with E-state index in [4.69, 9.17) is 10.5 Å². The van der Waals surface area contributed by atoms with Gasteiger partial charge in [-0.15, -0.1) is 0 Å². The summed E-state index contributed by atoms with van der Waals surface area (Å²) in [6, 6.07) is 15.5. The van der Waals surface area contributed by atoms with Gasteiger partial charge in [-0.2, -0.15) is 0 Å². The first-order chi connectivity index (χ1) is 17.7. The second-order valence-corrected chi connectivity index (χ2v) is 8.58. The third-order valence-electron chi connectivity index (χ3n) is 5.31. The van der Waals surface area contributed by atoms with E-state index in [1.54, 1.807) is 24.3 Å².